The van der Waals surface area contributed by atoms with Crippen molar-refractivity contribution in [2.24, 2.45) is 0 Å². The van der Waals surface area contributed by atoms with Crippen LogP contribution in [0.2, 0.25) is 0 Å². The van der Waals surface area contributed by atoms with E-state index in [2.05, 4.69) is 62.5 Å². The van der Waals surface area contributed by atoms with Gasteiger partial charge in [0.25, 0.3) is 5.91 Å². The number of carbonyl (C=O) groups excluding carboxylic acids is 2. The summed E-state index contributed by atoms with van der Waals surface area (Å²) in [6, 6.07) is 23.5. The molecule has 1 saturated carbocycles. The van der Waals surface area contributed by atoms with Crippen LogP contribution in [0.5, 0.6) is 0 Å². The standard InChI is InChI=1S/C35H40N4O2/c40-34(33-31-13-6-4-11-29(31)30-12-5-7-14-32(30)33)36-17-8-18-37-19-21-38(22-20-37)27-15-16-28-25(23-27)24-39(35(28)41)26-9-2-1-3-10-26/h4-7,11-16,23,26,33H,1-3,8-10,17-22,24H2,(H,36,40). The molecule has 0 unspecified atom stereocenters. The van der Waals surface area contributed by atoms with Crippen molar-refractivity contribution in [2.75, 3.05) is 44.2 Å². The molecule has 1 N–H and O–H groups in total. The third-order valence-corrected chi connectivity index (χ3v) is 9.72. The van der Waals surface area contributed by atoms with Crippen LogP contribution >= 0.6 is 0 Å². The van der Waals surface area contributed by atoms with Crippen LogP contribution in [0.15, 0.2) is 66.7 Å². The van der Waals surface area contributed by atoms with Gasteiger partial charge >= 0.3 is 0 Å². The molecule has 41 heavy (non-hydrogen) atoms. The second-order valence-corrected chi connectivity index (χ2v) is 12.1. The average Bonchev–Trinajstić information content (AvgIpc) is 3.54. The van der Waals surface area contributed by atoms with Crippen LogP contribution < -0.4 is 10.2 Å². The number of nitrogens with one attached hydrogen (secondary N) is 1. The lowest BCUT2D eigenvalue weighted by molar-refractivity contribution is -0.121. The van der Waals surface area contributed by atoms with Crippen LogP contribution in [0.25, 0.3) is 11.1 Å². The minimum atomic E-state index is -0.219. The average molecular weight is 549 g/mol. The van der Waals surface area contributed by atoms with Gasteiger partial charge < -0.3 is 15.1 Å². The van der Waals surface area contributed by atoms with E-state index in [9.17, 15) is 9.59 Å². The smallest absolute Gasteiger partial charge is 0.254 e. The fourth-order valence-corrected chi connectivity index (χ4v) is 7.50. The summed E-state index contributed by atoms with van der Waals surface area (Å²) in [6.45, 7) is 6.46. The molecular formula is C35H40N4O2. The van der Waals surface area contributed by atoms with E-state index in [0.29, 0.717) is 12.6 Å². The Balaban J connectivity index is 0.887. The molecule has 7 rings (SSSR count). The van der Waals surface area contributed by atoms with Crippen molar-refractivity contribution >= 4 is 17.5 Å². The SMILES string of the molecule is O=C(NCCCN1CCN(c2ccc3c(c2)CN(C2CCCCC2)C3=O)CC1)C1c2ccccc2-c2ccccc21. The minimum absolute atomic E-state index is 0.101. The van der Waals surface area contributed by atoms with Crippen molar-refractivity contribution in [1.82, 2.24) is 15.1 Å². The van der Waals surface area contributed by atoms with Crippen LogP contribution in [-0.4, -0.2) is 66.9 Å². The number of carbonyl (C=O) groups is 2. The molecule has 2 heterocycles. The maximum absolute atomic E-state index is 13.3. The lowest BCUT2D eigenvalue weighted by Gasteiger charge is -2.36. The van der Waals surface area contributed by atoms with Gasteiger partial charge in [-0.3, -0.25) is 14.5 Å². The molecule has 4 aliphatic rings. The summed E-state index contributed by atoms with van der Waals surface area (Å²) in [6.07, 6.45) is 7.05. The van der Waals surface area contributed by atoms with Crippen molar-refractivity contribution in [3.63, 3.8) is 0 Å². The Morgan fingerprint density at radius 2 is 1.49 bits per heavy atom. The van der Waals surface area contributed by atoms with Crippen LogP contribution in [0, 0.1) is 0 Å². The Morgan fingerprint density at radius 3 is 2.20 bits per heavy atom. The molecule has 0 aromatic heterocycles. The summed E-state index contributed by atoms with van der Waals surface area (Å²) in [5.74, 6) is 0.115. The zero-order valence-electron chi connectivity index (χ0n) is 23.9. The lowest BCUT2D eigenvalue weighted by atomic mass is 9.94. The Hall–Kier alpha value is -3.64. The molecular weight excluding hydrogens is 508 g/mol. The summed E-state index contributed by atoms with van der Waals surface area (Å²) in [5, 5.41) is 3.23. The number of hydrogen-bond acceptors (Lipinski definition) is 4. The summed E-state index contributed by atoms with van der Waals surface area (Å²) >= 11 is 0. The van der Waals surface area contributed by atoms with E-state index in [-0.39, 0.29) is 17.7 Å². The number of hydrogen-bond donors (Lipinski definition) is 1. The van der Waals surface area contributed by atoms with Gasteiger partial charge in [-0.05, 0) is 71.8 Å². The predicted octanol–water partition coefficient (Wildman–Crippen LogP) is 5.42. The van der Waals surface area contributed by atoms with Crippen molar-refractivity contribution in [1.29, 1.82) is 0 Å². The summed E-state index contributed by atoms with van der Waals surface area (Å²) in [5.41, 5.74) is 7.93. The van der Waals surface area contributed by atoms with Gasteiger partial charge in [0.05, 0.1) is 5.92 Å². The normalized spacial score (nSPS) is 19.3. The molecule has 1 saturated heterocycles. The van der Waals surface area contributed by atoms with E-state index < -0.39 is 0 Å². The van der Waals surface area contributed by atoms with E-state index in [4.69, 9.17) is 0 Å². The number of rotatable bonds is 7. The van der Waals surface area contributed by atoms with Gasteiger partial charge in [-0.2, -0.15) is 0 Å². The maximum atomic E-state index is 13.3. The Morgan fingerprint density at radius 1 is 0.805 bits per heavy atom. The Labute approximate surface area is 243 Å². The van der Waals surface area contributed by atoms with Crippen molar-refractivity contribution in [3.05, 3.63) is 89.0 Å². The molecule has 0 atom stereocenters. The van der Waals surface area contributed by atoms with Crippen LogP contribution in [0.4, 0.5) is 5.69 Å². The molecule has 0 bridgehead atoms. The minimum Gasteiger partial charge on any atom is -0.369 e. The molecule has 212 valence electrons. The molecule has 3 aromatic carbocycles. The number of benzene rings is 3. The quantitative estimate of drug-likeness (QED) is 0.401. The number of anilines is 1. The van der Waals surface area contributed by atoms with Gasteiger partial charge in [-0.15, -0.1) is 0 Å². The topological polar surface area (TPSA) is 55.9 Å². The van der Waals surface area contributed by atoms with Crippen molar-refractivity contribution < 1.29 is 9.59 Å². The largest absolute Gasteiger partial charge is 0.369 e. The number of piperazine rings is 1. The van der Waals surface area contributed by atoms with E-state index in [1.807, 2.05) is 24.3 Å². The van der Waals surface area contributed by atoms with Crippen LogP contribution in [0.1, 0.15) is 71.5 Å². The van der Waals surface area contributed by atoms with E-state index >= 15 is 0 Å². The molecule has 0 radical (unpaired) electrons. The van der Waals surface area contributed by atoms with Gasteiger partial charge in [0.15, 0.2) is 0 Å². The maximum Gasteiger partial charge on any atom is 0.254 e. The molecule has 0 spiro atoms. The van der Waals surface area contributed by atoms with E-state index in [1.54, 1.807) is 0 Å². The zero-order valence-corrected chi connectivity index (χ0v) is 23.9. The van der Waals surface area contributed by atoms with Crippen molar-refractivity contribution in [2.45, 2.75) is 57.0 Å². The van der Waals surface area contributed by atoms with Gasteiger partial charge in [-0.25, -0.2) is 0 Å². The number of nitrogens with zero attached hydrogens (tertiary/aromatic N) is 3. The van der Waals surface area contributed by atoms with Crippen LogP contribution in [0.3, 0.4) is 0 Å². The summed E-state index contributed by atoms with van der Waals surface area (Å²) in [7, 11) is 0. The summed E-state index contributed by atoms with van der Waals surface area (Å²) < 4.78 is 0. The molecule has 2 aliphatic carbocycles. The first-order valence-electron chi connectivity index (χ1n) is 15.5. The van der Waals surface area contributed by atoms with Gasteiger partial charge in [0.1, 0.15) is 0 Å². The highest BCUT2D eigenvalue weighted by atomic mass is 16.2. The second-order valence-electron chi connectivity index (χ2n) is 12.1. The third kappa shape index (κ3) is 5.03. The van der Waals surface area contributed by atoms with Crippen molar-refractivity contribution in [3.8, 4) is 11.1 Å². The fourth-order valence-electron chi connectivity index (χ4n) is 7.50. The molecule has 3 aromatic rings. The molecule has 2 fully saturated rings. The zero-order chi connectivity index (χ0) is 27.8. The summed E-state index contributed by atoms with van der Waals surface area (Å²) in [4.78, 5) is 33.4. The van der Waals surface area contributed by atoms with E-state index in [1.165, 1.54) is 41.6 Å². The number of amides is 2. The molecule has 2 amide bonds. The first-order valence-corrected chi connectivity index (χ1v) is 15.5. The Bertz CT molecular complexity index is 1390. The van der Waals surface area contributed by atoms with E-state index in [0.717, 1.165) is 75.2 Å². The highest BCUT2D eigenvalue weighted by Crippen LogP contribution is 2.44. The lowest BCUT2D eigenvalue weighted by Crippen LogP contribution is -2.47. The molecule has 2 aliphatic heterocycles. The van der Waals surface area contributed by atoms with Gasteiger partial charge in [0.2, 0.25) is 5.91 Å². The Kier molecular flexibility index (Phi) is 7.26. The second kappa shape index (κ2) is 11.3. The highest BCUT2D eigenvalue weighted by Gasteiger charge is 2.34. The predicted molar refractivity (Wildman–Crippen MR) is 163 cm³/mol. The first kappa shape index (κ1) is 26.3. The third-order valence-electron chi connectivity index (χ3n) is 9.72. The highest BCUT2D eigenvalue weighted by molar-refractivity contribution is 5.99. The van der Waals surface area contributed by atoms with Gasteiger partial charge in [-0.1, -0.05) is 67.8 Å². The fraction of sp³-hybridized carbons (Fsp3) is 0.429. The van der Waals surface area contributed by atoms with Crippen LogP contribution in [-0.2, 0) is 11.3 Å². The number of fused-ring (bicyclic) bond motifs is 4. The monoisotopic (exact) mass is 548 g/mol. The molecule has 6 nitrogen and oxygen atoms in total. The van der Waals surface area contributed by atoms with Gasteiger partial charge in [0, 0.05) is 56.6 Å². The molecule has 6 heteroatoms. The first-order chi connectivity index (χ1) is 20.2.